The smallest absolute Gasteiger partial charge is 0.0860 e. The van der Waals surface area contributed by atoms with E-state index in [1.54, 1.807) is 18.6 Å². The second-order valence-electron chi connectivity index (χ2n) is 2.73. The Morgan fingerprint density at radius 1 is 1.14 bits per heavy atom. The molecule has 2 heterocycles. The lowest BCUT2D eigenvalue weighted by Gasteiger charge is -2.02. The summed E-state index contributed by atoms with van der Waals surface area (Å²) in [5, 5.41) is 0. The van der Waals surface area contributed by atoms with E-state index in [9.17, 15) is 0 Å². The first kappa shape index (κ1) is 9.80. The van der Waals surface area contributed by atoms with Crippen molar-refractivity contribution in [3.8, 4) is 11.3 Å². The number of hydrogen-bond acceptors (Lipinski definition) is 2. The highest BCUT2D eigenvalue weighted by atomic mass is 79.9. The average molecular weight is 314 g/mol. The molecule has 0 amide bonds. The van der Waals surface area contributed by atoms with E-state index < -0.39 is 0 Å². The van der Waals surface area contributed by atoms with Crippen LogP contribution in [0.1, 0.15) is 0 Å². The molecule has 0 atom stereocenters. The van der Waals surface area contributed by atoms with Crippen LogP contribution in [0.25, 0.3) is 11.3 Å². The van der Waals surface area contributed by atoms with E-state index in [1.807, 2.05) is 18.2 Å². The predicted molar refractivity (Wildman–Crippen MR) is 62.9 cm³/mol. The van der Waals surface area contributed by atoms with Crippen LogP contribution in [0.4, 0.5) is 0 Å². The molecule has 2 rings (SSSR count). The van der Waals surface area contributed by atoms with Gasteiger partial charge in [0.15, 0.2) is 0 Å². The fourth-order valence-corrected chi connectivity index (χ4v) is 2.35. The Morgan fingerprint density at radius 2 is 2.00 bits per heavy atom. The normalized spacial score (nSPS) is 10.1. The third-order valence-corrected chi connectivity index (χ3v) is 2.78. The Bertz CT molecular complexity index is 443. The molecule has 14 heavy (non-hydrogen) atoms. The molecule has 0 spiro atoms. The second kappa shape index (κ2) is 4.19. The summed E-state index contributed by atoms with van der Waals surface area (Å²) in [6, 6.07) is 5.84. The van der Waals surface area contributed by atoms with E-state index >= 15 is 0 Å². The SMILES string of the molecule is Brc1cnc(-c2cccnc2)c(Br)c1. The van der Waals surface area contributed by atoms with Gasteiger partial charge in [-0.1, -0.05) is 0 Å². The van der Waals surface area contributed by atoms with Gasteiger partial charge in [-0.15, -0.1) is 0 Å². The third kappa shape index (κ3) is 2.01. The van der Waals surface area contributed by atoms with Crippen LogP contribution < -0.4 is 0 Å². The number of rotatable bonds is 1. The second-order valence-corrected chi connectivity index (χ2v) is 4.50. The van der Waals surface area contributed by atoms with E-state index in [0.29, 0.717) is 0 Å². The van der Waals surface area contributed by atoms with Crippen molar-refractivity contribution in [2.75, 3.05) is 0 Å². The van der Waals surface area contributed by atoms with Crippen molar-refractivity contribution in [3.63, 3.8) is 0 Å². The van der Waals surface area contributed by atoms with Gasteiger partial charge >= 0.3 is 0 Å². The summed E-state index contributed by atoms with van der Waals surface area (Å²) in [5.74, 6) is 0. The zero-order valence-electron chi connectivity index (χ0n) is 7.11. The first-order valence-corrected chi connectivity index (χ1v) is 5.57. The van der Waals surface area contributed by atoms with Gasteiger partial charge in [0.05, 0.1) is 5.69 Å². The Labute approximate surface area is 98.7 Å². The van der Waals surface area contributed by atoms with Crippen LogP contribution in [-0.4, -0.2) is 9.97 Å². The summed E-state index contributed by atoms with van der Waals surface area (Å²) >= 11 is 6.82. The maximum absolute atomic E-state index is 4.31. The predicted octanol–water partition coefficient (Wildman–Crippen LogP) is 3.67. The summed E-state index contributed by atoms with van der Waals surface area (Å²) in [5.41, 5.74) is 1.91. The van der Waals surface area contributed by atoms with Crippen LogP contribution in [0.5, 0.6) is 0 Å². The lowest BCUT2D eigenvalue weighted by molar-refractivity contribution is 1.26. The number of aromatic nitrogens is 2. The molecule has 0 saturated carbocycles. The summed E-state index contributed by atoms with van der Waals surface area (Å²) in [6.45, 7) is 0. The monoisotopic (exact) mass is 312 g/mol. The molecular formula is C10H6Br2N2. The highest BCUT2D eigenvalue weighted by molar-refractivity contribution is 9.11. The van der Waals surface area contributed by atoms with Crippen molar-refractivity contribution in [1.82, 2.24) is 9.97 Å². The Balaban J connectivity index is 2.53. The maximum Gasteiger partial charge on any atom is 0.0860 e. The molecule has 2 aromatic heterocycles. The number of halogens is 2. The molecule has 0 aromatic carbocycles. The zero-order chi connectivity index (χ0) is 9.97. The van der Waals surface area contributed by atoms with Crippen molar-refractivity contribution in [3.05, 3.63) is 45.7 Å². The molecule has 70 valence electrons. The van der Waals surface area contributed by atoms with E-state index in [0.717, 1.165) is 20.2 Å². The van der Waals surface area contributed by atoms with Crippen molar-refractivity contribution in [1.29, 1.82) is 0 Å². The Kier molecular flexibility index (Phi) is 2.93. The molecule has 0 aliphatic rings. The summed E-state index contributed by atoms with van der Waals surface area (Å²) < 4.78 is 1.91. The Hall–Kier alpha value is -0.740. The van der Waals surface area contributed by atoms with Gasteiger partial charge in [-0.2, -0.15) is 0 Å². The summed E-state index contributed by atoms with van der Waals surface area (Å²) in [4.78, 5) is 8.37. The van der Waals surface area contributed by atoms with Gasteiger partial charge in [-0.25, -0.2) is 0 Å². The lowest BCUT2D eigenvalue weighted by Crippen LogP contribution is -1.85. The molecule has 2 aromatic rings. The molecule has 4 heteroatoms. The minimum absolute atomic E-state index is 0.904. The molecule has 0 radical (unpaired) electrons. The third-order valence-electron chi connectivity index (χ3n) is 1.74. The van der Waals surface area contributed by atoms with E-state index in [1.165, 1.54) is 0 Å². The van der Waals surface area contributed by atoms with Gasteiger partial charge in [-0.05, 0) is 50.1 Å². The van der Waals surface area contributed by atoms with Crippen LogP contribution in [0.3, 0.4) is 0 Å². The van der Waals surface area contributed by atoms with Gasteiger partial charge in [0, 0.05) is 33.1 Å². The fraction of sp³-hybridized carbons (Fsp3) is 0. The van der Waals surface area contributed by atoms with Crippen molar-refractivity contribution in [2.24, 2.45) is 0 Å². The minimum Gasteiger partial charge on any atom is -0.264 e. The van der Waals surface area contributed by atoms with Crippen LogP contribution in [0, 0.1) is 0 Å². The first-order chi connectivity index (χ1) is 6.77. The highest BCUT2D eigenvalue weighted by Crippen LogP contribution is 2.27. The van der Waals surface area contributed by atoms with Gasteiger partial charge in [0.25, 0.3) is 0 Å². The van der Waals surface area contributed by atoms with Gasteiger partial charge < -0.3 is 0 Å². The minimum atomic E-state index is 0.904. The molecular weight excluding hydrogens is 308 g/mol. The van der Waals surface area contributed by atoms with Crippen LogP contribution in [-0.2, 0) is 0 Å². The van der Waals surface area contributed by atoms with E-state index in [2.05, 4.69) is 41.8 Å². The number of hydrogen-bond donors (Lipinski definition) is 0. The zero-order valence-corrected chi connectivity index (χ0v) is 10.3. The van der Waals surface area contributed by atoms with Crippen molar-refractivity contribution >= 4 is 31.9 Å². The summed E-state index contributed by atoms with van der Waals surface area (Å²) in [6.07, 6.45) is 5.31. The quantitative estimate of drug-likeness (QED) is 0.803. The molecule has 0 fully saturated rings. The lowest BCUT2D eigenvalue weighted by atomic mass is 10.2. The number of nitrogens with zero attached hydrogens (tertiary/aromatic N) is 2. The van der Waals surface area contributed by atoms with Crippen LogP contribution >= 0.6 is 31.9 Å². The van der Waals surface area contributed by atoms with E-state index in [4.69, 9.17) is 0 Å². The molecule has 0 saturated heterocycles. The van der Waals surface area contributed by atoms with Crippen LogP contribution in [0.2, 0.25) is 0 Å². The van der Waals surface area contributed by atoms with Gasteiger partial charge in [-0.3, -0.25) is 9.97 Å². The number of pyridine rings is 2. The van der Waals surface area contributed by atoms with Crippen molar-refractivity contribution < 1.29 is 0 Å². The van der Waals surface area contributed by atoms with Gasteiger partial charge in [0.2, 0.25) is 0 Å². The topological polar surface area (TPSA) is 25.8 Å². The van der Waals surface area contributed by atoms with Crippen LogP contribution in [0.15, 0.2) is 45.7 Å². The van der Waals surface area contributed by atoms with Gasteiger partial charge in [0.1, 0.15) is 0 Å². The first-order valence-electron chi connectivity index (χ1n) is 3.99. The average Bonchev–Trinajstić information content (AvgIpc) is 2.19. The molecule has 0 N–H and O–H groups in total. The highest BCUT2D eigenvalue weighted by Gasteiger charge is 2.04. The Morgan fingerprint density at radius 3 is 2.64 bits per heavy atom. The molecule has 0 unspecified atom stereocenters. The molecule has 0 aliphatic heterocycles. The largest absolute Gasteiger partial charge is 0.264 e. The summed E-state index contributed by atoms with van der Waals surface area (Å²) in [7, 11) is 0. The van der Waals surface area contributed by atoms with E-state index in [-0.39, 0.29) is 0 Å². The molecule has 0 aliphatic carbocycles. The fourth-order valence-electron chi connectivity index (χ4n) is 1.13. The van der Waals surface area contributed by atoms with Crippen molar-refractivity contribution in [2.45, 2.75) is 0 Å². The molecule has 2 nitrogen and oxygen atoms in total. The molecule has 0 bridgehead atoms. The standard InChI is InChI=1S/C10H6Br2N2/c11-8-4-9(12)10(14-6-8)7-2-1-3-13-5-7/h1-6H. The maximum atomic E-state index is 4.31.